The van der Waals surface area contributed by atoms with Gasteiger partial charge in [0.15, 0.2) is 10.7 Å². The molecule has 0 saturated carbocycles. The van der Waals surface area contributed by atoms with Gasteiger partial charge < -0.3 is 4.74 Å². The number of carbonyl (C=O) groups is 2. The highest BCUT2D eigenvalue weighted by Crippen LogP contribution is 2.34. The van der Waals surface area contributed by atoms with Crippen LogP contribution in [0.2, 0.25) is 0 Å². The number of Topliss-reactive ketones (excluding diaryl/α,β-unsaturated/α-hetero) is 1. The topological polar surface area (TPSA) is 43.4 Å². The Hall–Kier alpha value is -1.05. The van der Waals surface area contributed by atoms with Crippen LogP contribution in [0, 0.1) is 0 Å². The van der Waals surface area contributed by atoms with Gasteiger partial charge in [-0.2, -0.15) is 17.6 Å². The summed E-state index contributed by atoms with van der Waals surface area (Å²) in [4.78, 5) is 21.4. The molecule has 0 saturated heterocycles. The van der Waals surface area contributed by atoms with Gasteiger partial charge in [-0.05, 0) is 13.8 Å². The molecule has 0 aliphatic rings. The summed E-state index contributed by atoms with van der Waals surface area (Å²) in [6.45, 7) is 2.09. The van der Waals surface area contributed by atoms with Crippen molar-refractivity contribution in [2.45, 2.75) is 20.0 Å². The van der Waals surface area contributed by atoms with Crippen molar-refractivity contribution in [3.8, 4) is 0 Å². The second-order valence-corrected chi connectivity index (χ2v) is 3.79. The molecule has 0 amide bonds. The molecule has 0 aromatic rings. The van der Waals surface area contributed by atoms with Crippen molar-refractivity contribution in [1.29, 1.82) is 0 Å². The second-order valence-electron chi connectivity index (χ2n) is 2.86. The zero-order chi connectivity index (χ0) is 13.6. The minimum Gasteiger partial charge on any atom is -0.462 e. The van der Waals surface area contributed by atoms with Gasteiger partial charge in [-0.15, -0.1) is 0 Å². The molecule has 0 aromatic heterocycles. The molecular formula is C9H10F4O3S. The highest BCUT2D eigenvalue weighted by atomic mass is 32.2. The largest absolute Gasteiger partial charge is 0.462 e. The number of halogens is 4. The molecule has 0 fully saturated rings. The Bertz CT molecular complexity index is 336. The van der Waals surface area contributed by atoms with Gasteiger partial charge in [0.2, 0.25) is 0 Å². The number of ether oxygens (including phenoxy) is 1. The quantitative estimate of drug-likeness (QED) is 0.439. The van der Waals surface area contributed by atoms with Crippen LogP contribution in [0.3, 0.4) is 0 Å². The monoisotopic (exact) mass is 274 g/mol. The number of ketones is 1. The van der Waals surface area contributed by atoms with Crippen LogP contribution in [0.5, 0.6) is 0 Å². The predicted octanol–water partition coefficient (Wildman–Crippen LogP) is 2.62. The number of carbonyl (C=O) groups excluding carboxylic acids is 2. The summed E-state index contributed by atoms with van der Waals surface area (Å²) in [5.41, 5.74) is -2.01. The normalized spacial score (nSPS) is 13.1. The molecule has 0 aliphatic heterocycles. The van der Waals surface area contributed by atoms with Crippen molar-refractivity contribution in [1.82, 2.24) is 0 Å². The summed E-state index contributed by atoms with van der Waals surface area (Å²) in [7, 11) is 0. The molecule has 0 atom stereocenters. The molecule has 0 unspecified atom stereocenters. The standard InChI is InChI=1S/C9H10F4O3S/c1-3-16-8(15)6(9(11,12)13)7(10)17-4-5(2)14/h3-4H2,1-2H3/b7-6+. The third-order valence-electron chi connectivity index (χ3n) is 1.36. The SMILES string of the molecule is CCOC(=O)/C(=C(/F)SCC(C)=O)C(F)(F)F. The Labute approximate surface area is 99.2 Å². The summed E-state index contributed by atoms with van der Waals surface area (Å²) < 4.78 is 54.4. The summed E-state index contributed by atoms with van der Waals surface area (Å²) in [6.07, 6.45) is -5.15. The first kappa shape index (κ1) is 16.0. The lowest BCUT2D eigenvalue weighted by Crippen LogP contribution is -2.23. The van der Waals surface area contributed by atoms with Gasteiger partial charge >= 0.3 is 12.1 Å². The van der Waals surface area contributed by atoms with Gasteiger partial charge in [-0.1, -0.05) is 11.8 Å². The molecule has 0 rings (SSSR count). The van der Waals surface area contributed by atoms with Crippen molar-refractivity contribution >= 4 is 23.5 Å². The lowest BCUT2D eigenvalue weighted by molar-refractivity contribution is -0.150. The Balaban J connectivity index is 5.08. The van der Waals surface area contributed by atoms with Gasteiger partial charge in [0.1, 0.15) is 5.78 Å². The molecule has 0 aliphatic carbocycles. The summed E-state index contributed by atoms with van der Waals surface area (Å²) in [5, 5.41) is -1.76. The number of esters is 1. The molecule has 0 radical (unpaired) electrons. The van der Waals surface area contributed by atoms with Crippen molar-refractivity contribution in [2.75, 3.05) is 12.4 Å². The maximum Gasteiger partial charge on any atom is 0.426 e. The molecule has 0 spiro atoms. The first-order chi connectivity index (χ1) is 7.70. The Morgan fingerprint density at radius 1 is 1.29 bits per heavy atom. The highest BCUT2D eigenvalue weighted by Gasteiger charge is 2.43. The van der Waals surface area contributed by atoms with Crippen molar-refractivity contribution in [2.24, 2.45) is 0 Å². The van der Waals surface area contributed by atoms with E-state index in [-0.39, 0.29) is 18.4 Å². The predicted molar refractivity (Wildman–Crippen MR) is 54.0 cm³/mol. The second kappa shape index (κ2) is 6.63. The van der Waals surface area contributed by atoms with E-state index < -0.39 is 34.4 Å². The average molecular weight is 274 g/mol. The van der Waals surface area contributed by atoms with E-state index in [4.69, 9.17) is 0 Å². The minimum atomic E-state index is -5.15. The maximum atomic E-state index is 13.2. The molecule has 98 valence electrons. The number of alkyl halides is 3. The van der Waals surface area contributed by atoms with Crippen LogP contribution in [0.15, 0.2) is 10.7 Å². The van der Waals surface area contributed by atoms with Gasteiger partial charge in [-0.25, -0.2) is 4.79 Å². The molecule has 0 bridgehead atoms. The van der Waals surface area contributed by atoms with Crippen LogP contribution in [-0.2, 0) is 14.3 Å². The van der Waals surface area contributed by atoms with Crippen molar-refractivity contribution in [3.63, 3.8) is 0 Å². The fourth-order valence-corrected chi connectivity index (χ4v) is 1.42. The fraction of sp³-hybridized carbons (Fsp3) is 0.556. The van der Waals surface area contributed by atoms with Crippen LogP contribution in [-0.4, -0.2) is 30.3 Å². The molecule has 17 heavy (non-hydrogen) atoms. The van der Waals surface area contributed by atoms with Crippen LogP contribution in [0.25, 0.3) is 0 Å². The summed E-state index contributed by atoms with van der Waals surface area (Å²) in [5.74, 6) is -2.77. The van der Waals surface area contributed by atoms with E-state index in [2.05, 4.69) is 4.74 Å². The number of thioether (sulfide) groups is 1. The number of hydrogen-bond donors (Lipinski definition) is 0. The Morgan fingerprint density at radius 3 is 2.18 bits per heavy atom. The molecule has 0 aromatic carbocycles. The van der Waals surface area contributed by atoms with Crippen LogP contribution >= 0.6 is 11.8 Å². The van der Waals surface area contributed by atoms with E-state index in [1.807, 2.05) is 0 Å². The smallest absolute Gasteiger partial charge is 0.426 e. The van der Waals surface area contributed by atoms with Gasteiger partial charge in [-0.3, -0.25) is 4.79 Å². The zero-order valence-electron chi connectivity index (χ0n) is 9.06. The summed E-state index contributed by atoms with van der Waals surface area (Å²) in [6, 6.07) is 0. The molecule has 8 heteroatoms. The van der Waals surface area contributed by atoms with E-state index in [1.54, 1.807) is 0 Å². The van der Waals surface area contributed by atoms with Crippen LogP contribution in [0.4, 0.5) is 17.6 Å². The number of hydrogen-bond acceptors (Lipinski definition) is 4. The molecule has 0 heterocycles. The average Bonchev–Trinajstić information content (AvgIpc) is 2.12. The Kier molecular flexibility index (Phi) is 6.22. The molecular weight excluding hydrogens is 264 g/mol. The van der Waals surface area contributed by atoms with Crippen LogP contribution in [0.1, 0.15) is 13.8 Å². The van der Waals surface area contributed by atoms with E-state index >= 15 is 0 Å². The lowest BCUT2D eigenvalue weighted by Gasteiger charge is -2.11. The minimum absolute atomic E-state index is 0.0163. The van der Waals surface area contributed by atoms with Gasteiger partial charge in [0, 0.05) is 0 Å². The lowest BCUT2D eigenvalue weighted by atomic mass is 10.3. The van der Waals surface area contributed by atoms with E-state index in [1.165, 1.54) is 6.92 Å². The summed E-state index contributed by atoms with van der Waals surface area (Å²) >= 11 is 0.0163. The first-order valence-corrected chi connectivity index (χ1v) is 5.45. The van der Waals surface area contributed by atoms with Crippen molar-refractivity contribution < 1.29 is 31.9 Å². The zero-order valence-corrected chi connectivity index (χ0v) is 9.88. The highest BCUT2D eigenvalue weighted by molar-refractivity contribution is 8.03. The van der Waals surface area contributed by atoms with E-state index in [0.29, 0.717) is 0 Å². The third-order valence-corrected chi connectivity index (χ3v) is 2.37. The van der Waals surface area contributed by atoms with E-state index in [0.717, 1.165) is 6.92 Å². The van der Waals surface area contributed by atoms with Crippen molar-refractivity contribution in [3.05, 3.63) is 10.7 Å². The maximum absolute atomic E-state index is 13.2. The fourth-order valence-electron chi connectivity index (χ4n) is 0.748. The van der Waals surface area contributed by atoms with Gasteiger partial charge in [0.25, 0.3) is 0 Å². The molecule has 0 N–H and O–H groups in total. The van der Waals surface area contributed by atoms with E-state index in [9.17, 15) is 27.2 Å². The number of rotatable bonds is 5. The Morgan fingerprint density at radius 2 is 1.82 bits per heavy atom. The third kappa shape index (κ3) is 5.71. The van der Waals surface area contributed by atoms with Crippen LogP contribution < -0.4 is 0 Å². The first-order valence-electron chi connectivity index (χ1n) is 4.46. The molecule has 3 nitrogen and oxygen atoms in total. The van der Waals surface area contributed by atoms with Gasteiger partial charge in [0.05, 0.1) is 12.4 Å².